The molecule has 0 amide bonds. The van der Waals surface area contributed by atoms with Crippen LogP contribution >= 0.6 is 0 Å². The number of halogens is 6. The van der Waals surface area contributed by atoms with E-state index in [0.29, 0.717) is 0 Å². The first-order valence-corrected chi connectivity index (χ1v) is 5.97. The Bertz CT molecular complexity index is 520. The molecule has 116 valence electrons. The lowest BCUT2D eigenvalue weighted by Gasteiger charge is -2.36. The van der Waals surface area contributed by atoms with E-state index in [-0.39, 0.29) is 0 Å². The van der Waals surface area contributed by atoms with Crippen LogP contribution in [-0.4, -0.2) is 42.6 Å². The van der Waals surface area contributed by atoms with Crippen molar-refractivity contribution in [2.75, 3.05) is 5.75 Å². The number of hydrogen-bond acceptors (Lipinski definition) is 5. The maximum Gasteiger partial charge on any atom is 0.438 e. The smallest absolute Gasteiger partial charge is 0.438 e. The fourth-order valence-electron chi connectivity index (χ4n) is 1.00. The summed E-state index contributed by atoms with van der Waals surface area (Å²) in [6.45, 7) is 0.911. The summed E-state index contributed by atoms with van der Waals surface area (Å²) in [6.07, 6.45) is -12.8. The summed E-state index contributed by atoms with van der Waals surface area (Å²) in [6, 6.07) is 0. The minimum Gasteiger partial charge on any atom is -0.748 e. The first kappa shape index (κ1) is 18.5. The van der Waals surface area contributed by atoms with Gasteiger partial charge in [-0.2, -0.15) is 26.3 Å². The normalized spacial score (nSPS) is 13.4. The monoisotopic (exact) mass is 327 g/mol. The number of carbonyl (C=O) groups is 1. The average Bonchev–Trinajstić information content (AvgIpc) is 2.10. The Hall–Kier alpha value is -1.48. The van der Waals surface area contributed by atoms with E-state index in [1.807, 2.05) is 0 Å². The number of rotatable bonds is 3. The van der Waals surface area contributed by atoms with E-state index in [1.165, 1.54) is 5.92 Å². The third-order valence-electron chi connectivity index (χ3n) is 1.79. The Balaban J connectivity index is 6.07. The van der Waals surface area contributed by atoms with E-state index in [2.05, 4.69) is 4.74 Å². The fraction of sp³-hybridized carbons (Fsp3) is 0.625. The van der Waals surface area contributed by atoms with Gasteiger partial charge in [-0.25, -0.2) is 13.2 Å². The Morgan fingerprint density at radius 1 is 1.15 bits per heavy atom. The van der Waals surface area contributed by atoms with Crippen molar-refractivity contribution >= 4 is 16.1 Å². The van der Waals surface area contributed by atoms with Crippen LogP contribution in [0.1, 0.15) is 6.92 Å². The molecule has 0 radical (unpaired) electrons. The van der Waals surface area contributed by atoms with Crippen molar-refractivity contribution in [2.24, 2.45) is 0 Å². The van der Waals surface area contributed by atoms with Gasteiger partial charge >= 0.3 is 23.9 Å². The second kappa shape index (κ2) is 5.49. The third-order valence-corrected chi connectivity index (χ3v) is 2.55. The Morgan fingerprint density at radius 2 is 1.55 bits per heavy atom. The SMILES string of the molecule is CC#CC(=O)OC(CS(=O)(=O)[O-])(C(F)(F)F)C(F)(F)F. The quantitative estimate of drug-likeness (QED) is 0.253. The zero-order chi connectivity index (χ0) is 16.4. The molecule has 0 aliphatic heterocycles. The summed E-state index contributed by atoms with van der Waals surface area (Å²) in [4.78, 5) is 10.7. The molecular formula is C8H5F6O5S-. The zero-order valence-electron chi connectivity index (χ0n) is 9.42. The highest BCUT2D eigenvalue weighted by Crippen LogP contribution is 2.46. The highest BCUT2D eigenvalue weighted by molar-refractivity contribution is 7.85. The number of ether oxygens (including phenoxy) is 1. The van der Waals surface area contributed by atoms with Crippen molar-refractivity contribution in [1.82, 2.24) is 0 Å². The number of esters is 1. The minimum atomic E-state index is -6.38. The van der Waals surface area contributed by atoms with Crippen molar-refractivity contribution < 1.29 is 48.8 Å². The standard InChI is InChI=1S/C8H6F6O5S/c1-2-3-5(15)19-6(7(9,10)11,8(12,13)14)4-20(16,17)18/h4H2,1H3,(H,16,17,18)/p-1. The van der Waals surface area contributed by atoms with Crippen molar-refractivity contribution in [3.63, 3.8) is 0 Å². The second-order valence-electron chi connectivity index (χ2n) is 3.29. The second-order valence-corrected chi connectivity index (χ2v) is 4.69. The Kier molecular flexibility index (Phi) is 5.08. The van der Waals surface area contributed by atoms with Crippen molar-refractivity contribution in [2.45, 2.75) is 24.9 Å². The minimum absolute atomic E-state index is 0.911. The molecule has 0 saturated heterocycles. The molecule has 20 heavy (non-hydrogen) atoms. The summed E-state index contributed by atoms with van der Waals surface area (Å²) in [5, 5.41) is 0. The van der Waals surface area contributed by atoms with Gasteiger partial charge in [-0.05, 0) is 6.92 Å². The van der Waals surface area contributed by atoms with Crippen LogP contribution < -0.4 is 0 Å². The number of alkyl halides is 6. The molecule has 0 rings (SSSR count). The van der Waals surface area contributed by atoms with E-state index in [9.17, 15) is 44.1 Å². The van der Waals surface area contributed by atoms with Crippen LogP contribution in [0.25, 0.3) is 0 Å². The average molecular weight is 327 g/mol. The molecule has 0 aromatic rings. The molecule has 0 unspecified atom stereocenters. The number of carbonyl (C=O) groups excluding carboxylic acids is 1. The predicted molar refractivity (Wildman–Crippen MR) is 48.9 cm³/mol. The Morgan fingerprint density at radius 3 is 1.80 bits per heavy atom. The van der Waals surface area contributed by atoms with Crippen LogP contribution in [0.15, 0.2) is 0 Å². The van der Waals surface area contributed by atoms with Gasteiger partial charge in [-0.3, -0.25) is 0 Å². The van der Waals surface area contributed by atoms with Gasteiger partial charge in [0.1, 0.15) is 0 Å². The van der Waals surface area contributed by atoms with Gasteiger partial charge in [-0.15, -0.1) is 0 Å². The molecule has 0 bridgehead atoms. The summed E-state index contributed by atoms with van der Waals surface area (Å²) in [7, 11) is -6.02. The first-order chi connectivity index (χ1) is 8.66. The van der Waals surface area contributed by atoms with E-state index in [4.69, 9.17) is 0 Å². The molecule has 0 spiro atoms. The summed E-state index contributed by atoms with van der Waals surface area (Å²) in [5.74, 6) is -2.42. The lowest BCUT2D eigenvalue weighted by atomic mass is 10.1. The molecule has 12 heteroatoms. The van der Waals surface area contributed by atoms with Crippen molar-refractivity contribution in [3.05, 3.63) is 0 Å². The highest BCUT2D eigenvalue weighted by Gasteiger charge is 2.75. The summed E-state index contributed by atoms with van der Waals surface area (Å²) < 4.78 is 109. The van der Waals surface area contributed by atoms with Gasteiger partial charge in [0.2, 0.25) is 0 Å². The van der Waals surface area contributed by atoms with E-state index >= 15 is 0 Å². The third kappa shape index (κ3) is 4.27. The van der Waals surface area contributed by atoms with Crippen molar-refractivity contribution in [1.29, 1.82) is 0 Å². The molecule has 5 nitrogen and oxygen atoms in total. The maximum absolute atomic E-state index is 12.6. The number of hydrogen-bond donors (Lipinski definition) is 0. The van der Waals surface area contributed by atoms with Gasteiger partial charge in [0.15, 0.2) is 0 Å². The molecule has 0 saturated carbocycles. The van der Waals surface area contributed by atoms with Crippen LogP contribution in [-0.2, 0) is 19.6 Å². The summed E-state index contributed by atoms with van der Waals surface area (Å²) >= 11 is 0. The molecule has 0 aliphatic rings. The van der Waals surface area contributed by atoms with Crippen LogP contribution in [0.3, 0.4) is 0 Å². The van der Waals surface area contributed by atoms with E-state index in [0.717, 1.165) is 6.92 Å². The van der Waals surface area contributed by atoms with Gasteiger partial charge in [0.25, 0.3) is 0 Å². The van der Waals surface area contributed by atoms with Crippen LogP contribution in [0.2, 0.25) is 0 Å². The molecule has 0 aromatic carbocycles. The fourth-order valence-corrected chi connectivity index (χ4v) is 1.89. The Labute approximate surface area is 108 Å². The lowest BCUT2D eigenvalue weighted by molar-refractivity contribution is -0.360. The van der Waals surface area contributed by atoms with Crippen LogP contribution in [0.4, 0.5) is 26.3 Å². The molecular weight excluding hydrogens is 322 g/mol. The van der Waals surface area contributed by atoms with Gasteiger partial charge in [0, 0.05) is 5.92 Å². The van der Waals surface area contributed by atoms with Crippen molar-refractivity contribution in [3.8, 4) is 11.8 Å². The van der Waals surface area contributed by atoms with Gasteiger partial charge in [-0.1, -0.05) is 5.92 Å². The van der Waals surface area contributed by atoms with Gasteiger partial charge < -0.3 is 9.29 Å². The highest BCUT2D eigenvalue weighted by atomic mass is 32.2. The largest absolute Gasteiger partial charge is 0.748 e. The van der Waals surface area contributed by atoms with Crippen LogP contribution in [0, 0.1) is 11.8 Å². The molecule has 0 fully saturated rings. The van der Waals surface area contributed by atoms with E-state index < -0.39 is 39.8 Å². The molecule has 0 N–H and O–H groups in total. The molecule has 0 atom stereocenters. The molecule has 0 aliphatic carbocycles. The maximum atomic E-state index is 12.6. The van der Waals surface area contributed by atoms with E-state index in [1.54, 1.807) is 5.92 Å². The first-order valence-electron chi connectivity index (χ1n) is 4.39. The van der Waals surface area contributed by atoms with Gasteiger partial charge in [0.05, 0.1) is 15.9 Å². The predicted octanol–water partition coefficient (Wildman–Crippen LogP) is 0.962. The molecule has 0 aromatic heterocycles. The zero-order valence-corrected chi connectivity index (χ0v) is 10.2. The summed E-state index contributed by atoms with van der Waals surface area (Å²) in [5.41, 5.74) is -5.47. The van der Waals surface area contributed by atoms with Crippen LogP contribution in [0.5, 0.6) is 0 Å². The lowest BCUT2D eigenvalue weighted by Crippen LogP contribution is -2.63. The molecule has 0 heterocycles. The topological polar surface area (TPSA) is 83.5 Å².